The quantitative estimate of drug-likeness (QED) is 0.777. The smallest absolute Gasteiger partial charge is 0.410 e. The van der Waals surface area contributed by atoms with Gasteiger partial charge in [-0.15, -0.1) is 6.42 Å². The second-order valence-electron chi connectivity index (χ2n) is 6.53. The first-order valence-corrected chi connectivity index (χ1v) is 7.09. The third-order valence-electron chi connectivity index (χ3n) is 3.83. The summed E-state index contributed by atoms with van der Waals surface area (Å²) in [6, 6.07) is 1.06. The molecule has 0 radical (unpaired) electrons. The van der Waals surface area contributed by atoms with Gasteiger partial charge in [-0.3, -0.25) is 0 Å². The van der Waals surface area contributed by atoms with Gasteiger partial charge in [0.25, 0.3) is 0 Å². The SMILES string of the molecule is C#CCNC1CC2CCC(C1)N2C(=O)OC(C)(C)C. The minimum absolute atomic E-state index is 0.157. The summed E-state index contributed by atoms with van der Waals surface area (Å²) in [5, 5.41) is 3.36. The number of ether oxygens (including phenoxy) is 1. The molecule has 0 aromatic carbocycles. The van der Waals surface area contributed by atoms with Gasteiger partial charge in [0.15, 0.2) is 0 Å². The zero-order valence-corrected chi connectivity index (χ0v) is 12.1. The number of piperidine rings is 1. The number of hydrogen-bond acceptors (Lipinski definition) is 3. The highest BCUT2D eigenvalue weighted by Crippen LogP contribution is 2.36. The van der Waals surface area contributed by atoms with Gasteiger partial charge in [-0.05, 0) is 46.5 Å². The van der Waals surface area contributed by atoms with Crippen LogP contribution in [0.2, 0.25) is 0 Å². The molecule has 0 saturated carbocycles. The minimum atomic E-state index is -0.422. The van der Waals surface area contributed by atoms with E-state index in [2.05, 4.69) is 11.2 Å². The summed E-state index contributed by atoms with van der Waals surface area (Å²) in [5.74, 6) is 2.61. The van der Waals surface area contributed by atoms with Crippen LogP contribution in [-0.4, -0.2) is 41.3 Å². The second-order valence-corrected chi connectivity index (χ2v) is 6.53. The summed E-state index contributed by atoms with van der Waals surface area (Å²) in [6.45, 7) is 6.34. The first kappa shape index (κ1) is 14.2. The molecule has 2 bridgehead atoms. The molecule has 1 N–H and O–H groups in total. The number of nitrogens with zero attached hydrogens (tertiary/aromatic N) is 1. The van der Waals surface area contributed by atoms with Crippen LogP contribution >= 0.6 is 0 Å². The fraction of sp³-hybridized carbons (Fsp3) is 0.800. The standard InChI is InChI=1S/C15H24N2O2/c1-5-8-16-11-9-12-6-7-13(10-11)17(12)14(18)19-15(2,3)4/h1,11-13,16H,6-10H2,2-4H3. The maximum Gasteiger partial charge on any atom is 0.410 e. The van der Waals surface area contributed by atoms with E-state index < -0.39 is 5.60 Å². The number of hydrogen-bond donors (Lipinski definition) is 1. The van der Waals surface area contributed by atoms with E-state index in [1.54, 1.807) is 0 Å². The van der Waals surface area contributed by atoms with Crippen molar-refractivity contribution in [2.45, 2.75) is 70.2 Å². The molecule has 4 nitrogen and oxygen atoms in total. The molecule has 2 rings (SSSR count). The summed E-state index contributed by atoms with van der Waals surface area (Å²) in [4.78, 5) is 14.2. The molecule has 1 amide bonds. The largest absolute Gasteiger partial charge is 0.444 e. The van der Waals surface area contributed by atoms with E-state index in [0.717, 1.165) is 25.7 Å². The van der Waals surface area contributed by atoms with Crippen molar-refractivity contribution in [3.05, 3.63) is 0 Å². The Hall–Kier alpha value is -1.21. The van der Waals surface area contributed by atoms with E-state index in [9.17, 15) is 4.79 Å². The number of fused-ring (bicyclic) bond motifs is 2. The van der Waals surface area contributed by atoms with Crippen LogP contribution in [0.1, 0.15) is 46.5 Å². The minimum Gasteiger partial charge on any atom is -0.444 e. The Morgan fingerprint density at radius 1 is 1.37 bits per heavy atom. The number of nitrogens with one attached hydrogen (secondary N) is 1. The number of rotatable bonds is 2. The van der Waals surface area contributed by atoms with E-state index in [4.69, 9.17) is 11.2 Å². The highest BCUT2D eigenvalue weighted by molar-refractivity contribution is 5.69. The fourth-order valence-corrected chi connectivity index (χ4v) is 3.16. The van der Waals surface area contributed by atoms with Gasteiger partial charge < -0.3 is 15.0 Å². The number of carbonyl (C=O) groups excluding carboxylic acids is 1. The molecule has 2 aliphatic rings. The predicted molar refractivity (Wildman–Crippen MR) is 74.7 cm³/mol. The summed E-state index contributed by atoms with van der Waals surface area (Å²) in [5.41, 5.74) is -0.422. The Labute approximate surface area is 115 Å². The van der Waals surface area contributed by atoms with Crippen LogP contribution in [0.3, 0.4) is 0 Å². The maximum absolute atomic E-state index is 12.2. The van der Waals surface area contributed by atoms with E-state index in [1.807, 2.05) is 25.7 Å². The van der Waals surface area contributed by atoms with Crippen LogP contribution in [0.5, 0.6) is 0 Å². The highest BCUT2D eigenvalue weighted by atomic mass is 16.6. The molecule has 106 valence electrons. The lowest BCUT2D eigenvalue weighted by molar-refractivity contribution is 0.00490. The Balaban J connectivity index is 1.96. The number of terminal acetylenes is 1. The third-order valence-corrected chi connectivity index (χ3v) is 3.83. The number of carbonyl (C=O) groups is 1. The van der Waals surface area contributed by atoms with Crippen molar-refractivity contribution in [3.63, 3.8) is 0 Å². The van der Waals surface area contributed by atoms with E-state index in [-0.39, 0.29) is 6.09 Å². The summed E-state index contributed by atoms with van der Waals surface area (Å²) in [6.07, 6.45) is 9.25. The van der Waals surface area contributed by atoms with Crippen LogP contribution in [0.15, 0.2) is 0 Å². The van der Waals surface area contributed by atoms with E-state index >= 15 is 0 Å². The fourth-order valence-electron chi connectivity index (χ4n) is 3.16. The van der Waals surface area contributed by atoms with Crippen molar-refractivity contribution in [3.8, 4) is 12.3 Å². The molecular weight excluding hydrogens is 240 g/mol. The van der Waals surface area contributed by atoms with Crippen molar-refractivity contribution < 1.29 is 9.53 Å². The molecule has 2 saturated heterocycles. The lowest BCUT2D eigenvalue weighted by Crippen LogP contribution is -2.52. The van der Waals surface area contributed by atoms with Gasteiger partial charge in [0.05, 0.1) is 6.54 Å². The first-order chi connectivity index (χ1) is 8.90. The van der Waals surface area contributed by atoms with Gasteiger partial charge in [0.2, 0.25) is 0 Å². The van der Waals surface area contributed by atoms with Gasteiger partial charge in [0, 0.05) is 18.1 Å². The lowest BCUT2D eigenvalue weighted by atomic mass is 9.98. The first-order valence-electron chi connectivity index (χ1n) is 7.09. The van der Waals surface area contributed by atoms with Gasteiger partial charge in [-0.2, -0.15) is 0 Å². The van der Waals surface area contributed by atoms with Crippen LogP contribution < -0.4 is 5.32 Å². The van der Waals surface area contributed by atoms with Crippen LogP contribution in [0.4, 0.5) is 4.79 Å². The molecule has 2 fully saturated rings. The van der Waals surface area contributed by atoms with Crippen LogP contribution in [0, 0.1) is 12.3 Å². The van der Waals surface area contributed by atoms with Gasteiger partial charge in [0.1, 0.15) is 5.60 Å². The molecule has 0 spiro atoms. The Kier molecular flexibility index (Phi) is 4.05. The average Bonchev–Trinajstić information content (AvgIpc) is 2.56. The molecule has 0 aliphatic carbocycles. The second kappa shape index (κ2) is 5.42. The predicted octanol–water partition coefficient (Wildman–Crippen LogP) is 2.14. The molecule has 2 aliphatic heterocycles. The molecule has 0 aromatic rings. The Morgan fingerprint density at radius 3 is 2.42 bits per heavy atom. The molecule has 0 aromatic heterocycles. The van der Waals surface area contributed by atoms with E-state index in [1.165, 1.54) is 0 Å². The van der Waals surface area contributed by atoms with Crippen molar-refractivity contribution in [1.29, 1.82) is 0 Å². The van der Waals surface area contributed by atoms with Crippen molar-refractivity contribution in [2.75, 3.05) is 6.54 Å². The van der Waals surface area contributed by atoms with Crippen LogP contribution in [0.25, 0.3) is 0 Å². The summed E-state index contributed by atoms with van der Waals surface area (Å²) < 4.78 is 5.51. The third kappa shape index (κ3) is 3.42. The van der Waals surface area contributed by atoms with Crippen LogP contribution in [-0.2, 0) is 4.74 Å². The highest BCUT2D eigenvalue weighted by Gasteiger charge is 2.44. The van der Waals surface area contributed by atoms with Crippen molar-refractivity contribution in [2.24, 2.45) is 0 Å². The molecule has 19 heavy (non-hydrogen) atoms. The van der Waals surface area contributed by atoms with Crippen molar-refractivity contribution >= 4 is 6.09 Å². The normalized spacial score (nSPS) is 30.0. The Bertz CT molecular complexity index is 367. The average molecular weight is 264 g/mol. The molecule has 2 unspecified atom stereocenters. The van der Waals surface area contributed by atoms with Gasteiger partial charge in [-0.25, -0.2) is 4.79 Å². The molecule has 4 heteroatoms. The Morgan fingerprint density at radius 2 is 1.95 bits per heavy atom. The lowest BCUT2D eigenvalue weighted by Gasteiger charge is -2.39. The maximum atomic E-state index is 12.2. The molecule has 2 heterocycles. The summed E-state index contributed by atoms with van der Waals surface area (Å²) in [7, 11) is 0. The zero-order valence-electron chi connectivity index (χ0n) is 12.1. The molecule has 2 atom stereocenters. The number of amides is 1. The monoisotopic (exact) mass is 264 g/mol. The molecular formula is C15H24N2O2. The topological polar surface area (TPSA) is 41.6 Å². The summed E-state index contributed by atoms with van der Waals surface area (Å²) >= 11 is 0. The zero-order chi connectivity index (χ0) is 14.0. The van der Waals surface area contributed by atoms with Gasteiger partial charge in [-0.1, -0.05) is 5.92 Å². The van der Waals surface area contributed by atoms with Crippen molar-refractivity contribution in [1.82, 2.24) is 10.2 Å². The van der Waals surface area contributed by atoms with Gasteiger partial charge >= 0.3 is 6.09 Å². The van der Waals surface area contributed by atoms with E-state index in [0.29, 0.717) is 24.7 Å².